The van der Waals surface area contributed by atoms with Crippen LogP contribution in [-0.2, 0) is 4.79 Å². The Morgan fingerprint density at radius 1 is 1.26 bits per heavy atom. The topological polar surface area (TPSA) is 88.8 Å². The molecule has 9 heteroatoms. The number of pyridine rings is 1. The summed E-state index contributed by atoms with van der Waals surface area (Å²) < 4.78 is 6.49. The van der Waals surface area contributed by atoms with Gasteiger partial charge in [-0.25, -0.2) is 4.98 Å². The maximum Gasteiger partial charge on any atom is 0.287 e. The molecular formula is C18H19BrN4O4. The summed E-state index contributed by atoms with van der Waals surface area (Å²) in [6.07, 6.45) is 1.27. The van der Waals surface area contributed by atoms with E-state index in [0.29, 0.717) is 31.9 Å². The van der Waals surface area contributed by atoms with Gasteiger partial charge in [-0.05, 0) is 36.8 Å². The third-order valence-electron chi connectivity index (χ3n) is 4.35. The van der Waals surface area contributed by atoms with Gasteiger partial charge in [-0.15, -0.1) is 0 Å². The summed E-state index contributed by atoms with van der Waals surface area (Å²) in [5.74, 6) is 1.31. The van der Waals surface area contributed by atoms with Crippen molar-refractivity contribution in [2.75, 3.05) is 37.7 Å². The van der Waals surface area contributed by atoms with Crippen molar-refractivity contribution in [1.82, 2.24) is 9.88 Å². The number of hydrogen-bond acceptors (Lipinski definition) is 6. The number of piperazine rings is 1. The first-order valence-corrected chi connectivity index (χ1v) is 9.25. The van der Waals surface area contributed by atoms with Crippen molar-refractivity contribution in [3.63, 3.8) is 0 Å². The van der Waals surface area contributed by atoms with Gasteiger partial charge in [0.2, 0.25) is 0 Å². The molecule has 0 bridgehead atoms. The molecule has 0 unspecified atom stereocenters. The molecule has 1 aliphatic rings. The van der Waals surface area contributed by atoms with E-state index < -0.39 is 4.92 Å². The van der Waals surface area contributed by atoms with Crippen LogP contribution in [0.1, 0.15) is 5.56 Å². The van der Waals surface area contributed by atoms with E-state index in [2.05, 4.69) is 20.9 Å². The van der Waals surface area contributed by atoms with Crippen LogP contribution < -0.4 is 9.64 Å². The summed E-state index contributed by atoms with van der Waals surface area (Å²) in [7, 11) is 0. The average molecular weight is 435 g/mol. The van der Waals surface area contributed by atoms with E-state index in [0.717, 1.165) is 15.9 Å². The highest BCUT2D eigenvalue weighted by molar-refractivity contribution is 9.10. The zero-order chi connectivity index (χ0) is 19.4. The Balaban J connectivity index is 1.53. The number of aryl methyl sites for hydroxylation is 1. The van der Waals surface area contributed by atoms with Gasteiger partial charge in [0, 0.05) is 36.7 Å². The van der Waals surface area contributed by atoms with Crippen LogP contribution in [0.5, 0.6) is 5.75 Å². The maximum absolute atomic E-state index is 12.4. The number of nitro groups is 1. The molecule has 0 spiro atoms. The van der Waals surface area contributed by atoms with Gasteiger partial charge >= 0.3 is 0 Å². The number of benzene rings is 1. The number of nitrogens with zero attached hydrogens (tertiary/aromatic N) is 4. The van der Waals surface area contributed by atoms with Crippen molar-refractivity contribution < 1.29 is 14.5 Å². The Hall–Kier alpha value is -2.68. The Kier molecular flexibility index (Phi) is 5.90. The fourth-order valence-electron chi connectivity index (χ4n) is 2.92. The standard InChI is InChI=1S/C18H19BrN4O4/c1-13-10-15(23(25)26)11-20-18(13)22-8-6-21(7-9-22)17(24)12-27-16-4-2-14(19)3-5-16/h2-5,10-11H,6-9,12H2,1H3. The summed E-state index contributed by atoms with van der Waals surface area (Å²) in [5.41, 5.74) is 0.734. The SMILES string of the molecule is Cc1cc([N+](=O)[O-])cnc1N1CCN(C(=O)COc2ccc(Br)cc2)CC1. The van der Waals surface area contributed by atoms with Crippen LogP contribution in [0.15, 0.2) is 41.0 Å². The van der Waals surface area contributed by atoms with E-state index >= 15 is 0 Å². The van der Waals surface area contributed by atoms with Crippen molar-refractivity contribution in [3.8, 4) is 5.75 Å². The minimum Gasteiger partial charge on any atom is -0.484 e. The van der Waals surface area contributed by atoms with Crippen LogP contribution >= 0.6 is 15.9 Å². The monoisotopic (exact) mass is 434 g/mol. The predicted molar refractivity (Wildman–Crippen MR) is 104 cm³/mol. The predicted octanol–water partition coefficient (Wildman–Crippen LogP) is 2.79. The number of carbonyl (C=O) groups excluding carboxylic acids is 1. The number of hydrogen-bond donors (Lipinski definition) is 0. The van der Waals surface area contributed by atoms with E-state index in [1.165, 1.54) is 12.3 Å². The first-order valence-electron chi connectivity index (χ1n) is 8.46. The Morgan fingerprint density at radius 3 is 2.52 bits per heavy atom. The normalized spacial score (nSPS) is 14.1. The van der Waals surface area contributed by atoms with Crippen LogP contribution in [0, 0.1) is 17.0 Å². The van der Waals surface area contributed by atoms with Gasteiger partial charge in [-0.3, -0.25) is 14.9 Å². The summed E-state index contributed by atoms with van der Waals surface area (Å²) >= 11 is 3.36. The van der Waals surface area contributed by atoms with Crippen molar-refractivity contribution in [2.24, 2.45) is 0 Å². The van der Waals surface area contributed by atoms with Crippen molar-refractivity contribution >= 4 is 33.3 Å². The quantitative estimate of drug-likeness (QED) is 0.530. The van der Waals surface area contributed by atoms with Gasteiger partial charge in [0.05, 0.1) is 4.92 Å². The number of halogens is 1. The molecule has 2 heterocycles. The largest absolute Gasteiger partial charge is 0.484 e. The number of carbonyl (C=O) groups is 1. The molecule has 0 N–H and O–H groups in total. The van der Waals surface area contributed by atoms with Crippen LogP contribution in [0.3, 0.4) is 0 Å². The molecule has 0 aliphatic carbocycles. The van der Waals surface area contributed by atoms with Gasteiger partial charge in [-0.1, -0.05) is 15.9 Å². The molecule has 3 rings (SSSR count). The van der Waals surface area contributed by atoms with Crippen molar-refractivity contribution in [3.05, 3.63) is 56.7 Å². The number of amides is 1. The Labute approximate surface area is 165 Å². The van der Waals surface area contributed by atoms with E-state index in [-0.39, 0.29) is 18.2 Å². The van der Waals surface area contributed by atoms with Gasteiger partial charge in [0.15, 0.2) is 6.61 Å². The first kappa shape index (κ1) is 19.1. The molecule has 1 fully saturated rings. The lowest BCUT2D eigenvalue weighted by atomic mass is 10.2. The van der Waals surface area contributed by atoms with E-state index in [1.54, 1.807) is 24.0 Å². The molecule has 27 heavy (non-hydrogen) atoms. The highest BCUT2D eigenvalue weighted by atomic mass is 79.9. The van der Waals surface area contributed by atoms with E-state index in [1.807, 2.05) is 17.0 Å². The third kappa shape index (κ3) is 4.73. The van der Waals surface area contributed by atoms with Crippen LogP contribution in [0.4, 0.5) is 11.5 Å². The maximum atomic E-state index is 12.4. The van der Waals surface area contributed by atoms with Crippen LogP contribution in [-0.4, -0.2) is 53.5 Å². The number of rotatable bonds is 5. The minimum absolute atomic E-state index is 0.00353. The summed E-state index contributed by atoms with van der Waals surface area (Å²) in [5, 5.41) is 10.8. The molecule has 8 nitrogen and oxygen atoms in total. The molecule has 1 aromatic heterocycles. The smallest absolute Gasteiger partial charge is 0.287 e. The fourth-order valence-corrected chi connectivity index (χ4v) is 3.18. The highest BCUT2D eigenvalue weighted by Gasteiger charge is 2.23. The second kappa shape index (κ2) is 8.34. The third-order valence-corrected chi connectivity index (χ3v) is 4.88. The summed E-state index contributed by atoms with van der Waals surface area (Å²) in [6.45, 7) is 4.15. The van der Waals surface area contributed by atoms with Gasteiger partial charge < -0.3 is 14.5 Å². The molecule has 1 aliphatic heterocycles. The lowest BCUT2D eigenvalue weighted by Gasteiger charge is -2.35. The zero-order valence-electron chi connectivity index (χ0n) is 14.8. The van der Waals surface area contributed by atoms with E-state index in [9.17, 15) is 14.9 Å². The van der Waals surface area contributed by atoms with Crippen molar-refractivity contribution in [1.29, 1.82) is 0 Å². The number of anilines is 1. The molecule has 1 aromatic carbocycles. The Morgan fingerprint density at radius 2 is 1.93 bits per heavy atom. The number of aromatic nitrogens is 1. The molecule has 0 saturated carbocycles. The summed E-state index contributed by atoms with van der Waals surface area (Å²) in [4.78, 5) is 30.8. The second-order valence-corrected chi connectivity index (χ2v) is 7.12. The van der Waals surface area contributed by atoms with Gasteiger partial charge in [0.25, 0.3) is 11.6 Å². The lowest BCUT2D eigenvalue weighted by Crippen LogP contribution is -2.50. The average Bonchev–Trinajstić information content (AvgIpc) is 2.67. The molecule has 1 amide bonds. The molecular weight excluding hydrogens is 416 g/mol. The molecule has 0 atom stereocenters. The Bertz CT molecular complexity index is 836. The van der Waals surface area contributed by atoms with E-state index in [4.69, 9.17) is 4.74 Å². The number of ether oxygens (including phenoxy) is 1. The van der Waals surface area contributed by atoms with Crippen molar-refractivity contribution in [2.45, 2.75) is 6.92 Å². The minimum atomic E-state index is -0.453. The lowest BCUT2D eigenvalue weighted by molar-refractivity contribution is -0.385. The van der Waals surface area contributed by atoms with Crippen LogP contribution in [0.2, 0.25) is 0 Å². The van der Waals surface area contributed by atoms with Crippen LogP contribution in [0.25, 0.3) is 0 Å². The highest BCUT2D eigenvalue weighted by Crippen LogP contribution is 2.23. The fraction of sp³-hybridized carbons (Fsp3) is 0.333. The zero-order valence-corrected chi connectivity index (χ0v) is 16.4. The second-order valence-electron chi connectivity index (χ2n) is 6.20. The molecule has 0 radical (unpaired) electrons. The van der Waals surface area contributed by atoms with Gasteiger partial charge in [-0.2, -0.15) is 0 Å². The molecule has 1 saturated heterocycles. The molecule has 142 valence electrons. The van der Waals surface area contributed by atoms with Gasteiger partial charge in [0.1, 0.15) is 17.8 Å². The molecule has 2 aromatic rings. The summed E-state index contributed by atoms with van der Waals surface area (Å²) in [6, 6.07) is 8.85. The first-order chi connectivity index (χ1) is 12.9.